The quantitative estimate of drug-likeness (QED) is 0.497. The lowest BCUT2D eigenvalue weighted by Gasteiger charge is -2.32. The number of carbonyl (C=O) groups is 1. The summed E-state index contributed by atoms with van der Waals surface area (Å²) in [5, 5.41) is 3.05. The molecule has 4 rings (SSSR count). The first-order valence-electron chi connectivity index (χ1n) is 11.3. The number of likely N-dealkylation sites (tertiary alicyclic amines) is 1. The fraction of sp³-hybridized carbons (Fsp3) is 0.269. The van der Waals surface area contributed by atoms with E-state index in [0.717, 1.165) is 44.6 Å². The lowest BCUT2D eigenvalue weighted by Crippen LogP contribution is -3.00. The summed E-state index contributed by atoms with van der Waals surface area (Å²) < 4.78 is 41.7. The first kappa shape index (κ1) is 26.7. The van der Waals surface area contributed by atoms with Crippen LogP contribution in [0.1, 0.15) is 34.3 Å². The summed E-state index contributed by atoms with van der Waals surface area (Å²) in [5.74, 6) is -0.832. The van der Waals surface area contributed by atoms with Crippen LogP contribution in [0, 0.1) is 12.7 Å². The Labute approximate surface area is 212 Å². The van der Waals surface area contributed by atoms with Crippen LogP contribution in [0.5, 0.6) is 0 Å². The van der Waals surface area contributed by atoms with Gasteiger partial charge in [0.1, 0.15) is 5.82 Å². The van der Waals surface area contributed by atoms with Gasteiger partial charge in [0.25, 0.3) is 15.9 Å². The van der Waals surface area contributed by atoms with Crippen LogP contribution in [0.3, 0.4) is 0 Å². The minimum Gasteiger partial charge on any atom is -1.00 e. The first-order valence-corrected chi connectivity index (χ1v) is 12.8. The molecular formula is C26H28ClFN3O3S-. The monoisotopic (exact) mass is 516 g/mol. The predicted octanol–water partition coefficient (Wildman–Crippen LogP) is 1.33. The van der Waals surface area contributed by atoms with E-state index in [4.69, 9.17) is 0 Å². The molecule has 0 aliphatic carbocycles. The molecule has 0 saturated carbocycles. The Hall–Kier alpha value is -2.94. The second-order valence-electron chi connectivity index (χ2n) is 8.57. The van der Waals surface area contributed by atoms with E-state index < -0.39 is 15.8 Å². The molecule has 1 fully saturated rings. The molecule has 0 spiro atoms. The highest BCUT2D eigenvalue weighted by Crippen LogP contribution is 2.23. The smallest absolute Gasteiger partial charge is 0.262 e. The van der Waals surface area contributed by atoms with Crippen LogP contribution in [0.25, 0.3) is 0 Å². The van der Waals surface area contributed by atoms with Gasteiger partial charge in [-0.1, -0.05) is 42.5 Å². The topological polar surface area (TPSA) is 78.5 Å². The molecule has 186 valence electrons. The molecule has 6 nitrogen and oxygen atoms in total. The van der Waals surface area contributed by atoms with Crippen molar-refractivity contribution in [2.45, 2.75) is 37.2 Å². The number of benzene rings is 3. The molecule has 3 aromatic carbocycles. The minimum atomic E-state index is -3.99. The average Bonchev–Trinajstić information content (AvgIpc) is 2.81. The number of sulfonamides is 1. The highest BCUT2D eigenvalue weighted by atomic mass is 35.5. The molecular weight excluding hydrogens is 489 g/mol. The molecule has 1 aliphatic rings. The second-order valence-corrected chi connectivity index (χ2v) is 10.2. The van der Waals surface area contributed by atoms with Gasteiger partial charge in [-0.25, -0.2) is 12.8 Å². The molecule has 0 atom stereocenters. The van der Waals surface area contributed by atoms with Gasteiger partial charge >= 0.3 is 0 Å². The standard InChI is InChI=1S/C26H28FN3O3S.ClH/c1-19-17-21(27)11-12-25(19)34(32,33)29-24-10-6-5-9-23(24)26(31)28-22-13-15-30(16-14-22)18-20-7-3-2-4-8-20;/h2-12,17,22,29H,13-16,18H2,1H3,(H,28,31);1H/p-1. The Morgan fingerprint density at radius 2 is 1.66 bits per heavy atom. The van der Waals surface area contributed by atoms with Crippen LogP contribution in [0.4, 0.5) is 10.1 Å². The Morgan fingerprint density at radius 1 is 1.00 bits per heavy atom. The Balaban J connectivity index is 0.00000342. The number of hydrogen-bond acceptors (Lipinski definition) is 4. The number of aryl methyl sites for hydroxylation is 1. The van der Waals surface area contributed by atoms with E-state index in [0.29, 0.717) is 0 Å². The molecule has 0 radical (unpaired) electrons. The molecule has 0 bridgehead atoms. The number of hydrogen-bond donors (Lipinski definition) is 2. The van der Waals surface area contributed by atoms with Crippen molar-refractivity contribution >= 4 is 21.6 Å². The molecule has 35 heavy (non-hydrogen) atoms. The van der Waals surface area contributed by atoms with Crippen LogP contribution < -0.4 is 22.4 Å². The van der Waals surface area contributed by atoms with Gasteiger partial charge in [-0.05, 0) is 61.2 Å². The number of nitrogens with one attached hydrogen (secondary N) is 2. The van der Waals surface area contributed by atoms with Crippen molar-refractivity contribution in [1.29, 1.82) is 0 Å². The van der Waals surface area contributed by atoms with Crippen molar-refractivity contribution in [3.05, 3.63) is 95.3 Å². The minimum absolute atomic E-state index is 0. The van der Waals surface area contributed by atoms with Gasteiger partial charge in [0.15, 0.2) is 0 Å². The van der Waals surface area contributed by atoms with Gasteiger partial charge < -0.3 is 17.7 Å². The van der Waals surface area contributed by atoms with Crippen molar-refractivity contribution in [1.82, 2.24) is 10.2 Å². The van der Waals surface area contributed by atoms with Gasteiger partial charge in [-0.2, -0.15) is 0 Å². The normalized spacial score (nSPS) is 14.7. The average molecular weight is 517 g/mol. The molecule has 1 amide bonds. The maximum absolute atomic E-state index is 13.4. The fourth-order valence-electron chi connectivity index (χ4n) is 4.22. The summed E-state index contributed by atoms with van der Waals surface area (Å²) in [6.07, 6.45) is 1.64. The van der Waals surface area contributed by atoms with Gasteiger partial charge in [0.2, 0.25) is 0 Å². The van der Waals surface area contributed by atoms with E-state index in [9.17, 15) is 17.6 Å². The number of amides is 1. The second kappa shape index (κ2) is 11.7. The first-order chi connectivity index (χ1) is 16.3. The van der Waals surface area contributed by atoms with Crippen LogP contribution in [0.15, 0.2) is 77.7 Å². The number of para-hydroxylation sites is 1. The van der Waals surface area contributed by atoms with Crippen LogP contribution in [-0.4, -0.2) is 38.4 Å². The highest BCUT2D eigenvalue weighted by molar-refractivity contribution is 7.92. The number of anilines is 1. The van der Waals surface area contributed by atoms with E-state index in [1.54, 1.807) is 24.3 Å². The van der Waals surface area contributed by atoms with Gasteiger partial charge in [-0.15, -0.1) is 0 Å². The van der Waals surface area contributed by atoms with Crippen molar-refractivity contribution < 1.29 is 30.0 Å². The summed E-state index contributed by atoms with van der Waals surface area (Å²) in [6.45, 7) is 4.16. The molecule has 0 unspecified atom stereocenters. The summed E-state index contributed by atoms with van der Waals surface area (Å²) >= 11 is 0. The third-order valence-electron chi connectivity index (χ3n) is 6.01. The van der Waals surface area contributed by atoms with E-state index in [1.165, 1.54) is 18.6 Å². The van der Waals surface area contributed by atoms with Crippen LogP contribution in [0.2, 0.25) is 0 Å². The van der Waals surface area contributed by atoms with E-state index in [-0.39, 0.29) is 46.1 Å². The zero-order chi connectivity index (χ0) is 24.1. The Bertz CT molecular complexity index is 1260. The maximum atomic E-state index is 13.4. The van der Waals surface area contributed by atoms with Crippen LogP contribution in [-0.2, 0) is 16.6 Å². The molecule has 1 saturated heterocycles. The molecule has 1 heterocycles. The Kier molecular flexibility index (Phi) is 8.88. The third kappa shape index (κ3) is 6.81. The third-order valence-corrected chi connectivity index (χ3v) is 7.54. The van der Waals surface area contributed by atoms with Crippen molar-refractivity contribution in [3.8, 4) is 0 Å². The zero-order valence-corrected chi connectivity index (χ0v) is 20.9. The number of rotatable bonds is 7. The molecule has 1 aliphatic heterocycles. The number of nitrogens with zero attached hydrogens (tertiary/aromatic N) is 1. The van der Waals surface area contributed by atoms with E-state index >= 15 is 0 Å². The van der Waals surface area contributed by atoms with Gasteiger partial charge in [-0.3, -0.25) is 14.4 Å². The maximum Gasteiger partial charge on any atom is 0.262 e. The molecule has 0 aromatic heterocycles. The lowest BCUT2D eigenvalue weighted by atomic mass is 10.0. The molecule has 3 aromatic rings. The van der Waals surface area contributed by atoms with Crippen molar-refractivity contribution in [3.63, 3.8) is 0 Å². The molecule has 9 heteroatoms. The number of halogens is 2. The molecule has 2 N–H and O–H groups in total. The Morgan fingerprint density at radius 3 is 2.34 bits per heavy atom. The summed E-state index contributed by atoms with van der Waals surface area (Å²) in [5.41, 5.74) is 1.99. The summed E-state index contributed by atoms with van der Waals surface area (Å²) in [7, 11) is -3.99. The lowest BCUT2D eigenvalue weighted by molar-refractivity contribution is -0.0000190. The number of piperidine rings is 1. The summed E-state index contributed by atoms with van der Waals surface area (Å²) in [4.78, 5) is 15.4. The zero-order valence-electron chi connectivity index (χ0n) is 19.4. The van der Waals surface area contributed by atoms with Gasteiger partial charge in [0, 0.05) is 25.7 Å². The SMILES string of the molecule is Cc1cc(F)ccc1S(=O)(=O)Nc1ccccc1C(=O)NC1CCN(Cc2ccccc2)CC1.[Cl-]. The van der Waals surface area contributed by atoms with Crippen LogP contribution >= 0.6 is 0 Å². The fourth-order valence-corrected chi connectivity index (χ4v) is 5.53. The van der Waals surface area contributed by atoms with E-state index in [2.05, 4.69) is 27.1 Å². The van der Waals surface area contributed by atoms with E-state index in [1.807, 2.05) is 18.2 Å². The van der Waals surface area contributed by atoms with Crippen molar-refractivity contribution in [2.75, 3.05) is 17.8 Å². The largest absolute Gasteiger partial charge is 1.00 e. The van der Waals surface area contributed by atoms with Crippen molar-refractivity contribution in [2.24, 2.45) is 0 Å². The number of carbonyl (C=O) groups excluding carboxylic acids is 1. The highest BCUT2D eigenvalue weighted by Gasteiger charge is 2.24. The predicted molar refractivity (Wildman–Crippen MR) is 131 cm³/mol. The van der Waals surface area contributed by atoms with Gasteiger partial charge in [0.05, 0.1) is 16.1 Å². The summed E-state index contributed by atoms with van der Waals surface area (Å²) in [6, 6.07) is 20.3.